The third kappa shape index (κ3) is 5.03. The van der Waals surface area contributed by atoms with Crippen molar-refractivity contribution >= 4 is 17.9 Å². The molecule has 158 valence electrons. The highest BCUT2D eigenvalue weighted by Crippen LogP contribution is 2.35. The van der Waals surface area contributed by atoms with E-state index in [2.05, 4.69) is 6.92 Å². The minimum Gasteiger partial charge on any atom is -0.504 e. The van der Waals surface area contributed by atoms with Crippen molar-refractivity contribution < 1.29 is 24.5 Å². The Balaban J connectivity index is 1.92. The van der Waals surface area contributed by atoms with E-state index in [0.717, 1.165) is 22.3 Å². The smallest absolute Gasteiger partial charge is 0.185 e. The van der Waals surface area contributed by atoms with Crippen LogP contribution in [0.5, 0.6) is 23.0 Å². The Morgan fingerprint density at radius 2 is 1.30 bits per heavy atom. The molecular weight excluding hydrogens is 380 g/mol. The van der Waals surface area contributed by atoms with Crippen LogP contribution in [0.3, 0.4) is 0 Å². The summed E-state index contributed by atoms with van der Waals surface area (Å²) in [5.41, 5.74) is 3.10. The lowest BCUT2D eigenvalue weighted by atomic mass is 9.81. The van der Waals surface area contributed by atoms with E-state index in [0.29, 0.717) is 43.5 Å². The summed E-state index contributed by atoms with van der Waals surface area (Å²) in [4.78, 5) is 13.1. The van der Waals surface area contributed by atoms with E-state index in [1.807, 2.05) is 26.0 Å². The Morgan fingerprint density at radius 3 is 1.70 bits per heavy atom. The maximum Gasteiger partial charge on any atom is 0.185 e. The number of phenols is 2. The Labute approximate surface area is 177 Å². The topological polar surface area (TPSA) is 76.0 Å². The van der Waals surface area contributed by atoms with Gasteiger partial charge in [0, 0.05) is 11.1 Å². The molecule has 1 aliphatic rings. The molecule has 1 unspecified atom stereocenters. The average Bonchev–Trinajstić information content (AvgIpc) is 2.71. The van der Waals surface area contributed by atoms with Crippen LogP contribution in [0.1, 0.15) is 44.7 Å². The number of Topliss-reactive ketones (excluding diaryl/α,β-unsaturated/α-hetero) is 1. The molecule has 0 heterocycles. The maximum atomic E-state index is 13.1. The summed E-state index contributed by atoms with van der Waals surface area (Å²) in [7, 11) is 0. The Morgan fingerprint density at radius 1 is 0.867 bits per heavy atom. The first kappa shape index (κ1) is 21.5. The molecule has 0 amide bonds. The fourth-order valence-electron chi connectivity index (χ4n) is 3.65. The number of benzene rings is 2. The van der Waals surface area contributed by atoms with Gasteiger partial charge in [-0.15, -0.1) is 0 Å². The van der Waals surface area contributed by atoms with E-state index in [1.165, 1.54) is 0 Å². The van der Waals surface area contributed by atoms with Crippen LogP contribution in [0.25, 0.3) is 12.2 Å². The fourth-order valence-corrected chi connectivity index (χ4v) is 3.65. The minimum atomic E-state index is 0.0187. The van der Waals surface area contributed by atoms with Crippen LogP contribution >= 0.6 is 0 Å². The van der Waals surface area contributed by atoms with Gasteiger partial charge in [-0.3, -0.25) is 4.79 Å². The Hall–Kier alpha value is -3.21. The molecule has 1 fully saturated rings. The van der Waals surface area contributed by atoms with Gasteiger partial charge >= 0.3 is 0 Å². The van der Waals surface area contributed by atoms with Gasteiger partial charge in [0.25, 0.3) is 0 Å². The van der Waals surface area contributed by atoms with Crippen molar-refractivity contribution in [2.24, 2.45) is 5.92 Å². The Kier molecular flexibility index (Phi) is 6.83. The number of aromatic hydroxyl groups is 2. The molecule has 5 nitrogen and oxygen atoms in total. The normalized spacial score (nSPS) is 19.3. The minimum absolute atomic E-state index is 0.0187. The van der Waals surface area contributed by atoms with Crippen molar-refractivity contribution in [3.05, 3.63) is 58.7 Å². The van der Waals surface area contributed by atoms with E-state index in [1.54, 1.807) is 36.4 Å². The van der Waals surface area contributed by atoms with Gasteiger partial charge in [0.15, 0.2) is 28.8 Å². The third-order valence-corrected chi connectivity index (χ3v) is 4.97. The average molecular weight is 408 g/mol. The van der Waals surface area contributed by atoms with Crippen molar-refractivity contribution in [2.75, 3.05) is 13.2 Å². The summed E-state index contributed by atoms with van der Waals surface area (Å²) in [6.45, 7) is 6.74. The van der Waals surface area contributed by atoms with Crippen LogP contribution in [0.2, 0.25) is 0 Å². The van der Waals surface area contributed by atoms with Gasteiger partial charge in [0.05, 0.1) is 13.2 Å². The zero-order chi connectivity index (χ0) is 21.7. The van der Waals surface area contributed by atoms with Crippen LogP contribution in [-0.2, 0) is 4.79 Å². The quantitative estimate of drug-likeness (QED) is 0.629. The number of ketones is 1. The molecular formula is C25H28O5. The summed E-state index contributed by atoms with van der Waals surface area (Å²) >= 11 is 0. The number of ether oxygens (including phenoxy) is 2. The summed E-state index contributed by atoms with van der Waals surface area (Å²) in [5.74, 6) is 1.33. The summed E-state index contributed by atoms with van der Waals surface area (Å²) in [5, 5.41) is 19.8. The van der Waals surface area contributed by atoms with Crippen LogP contribution in [0.4, 0.5) is 0 Å². The van der Waals surface area contributed by atoms with Crippen LogP contribution in [0.15, 0.2) is 47.5 Å². The summed E-state index contributed by atoms with van der Waals surface area (Å²) in [6, 6.07) is 10.2. The predicted octanol–water partition coefficient (Wildman–Crippen LogP) is 5.36. The van der Waals surface area contributed by atoms with Gasteiger partial charge < -0.3 is 19.7 Å². The lowest BCUT2D eigenvalue weighted by Crippen LogP contribution is -2.18. The number of hydrogen-bond acceptors (Lipinski definition) is 5. The van der Waals surface area contributed by atoms with Crippen molar-refractivity contribution in [3.8, 4) is 23.0 Å². The standard InChI is InChI=1S/C25H28O5/c1-4-29-23-14-17(6-8-21(23)26)12-19-10-16(3)11-20(25(19)28)13-18-7-9-22(27)24(15-18)30-5-2/h6-9,12-16,26-27H,4-5,10-11H2,1-3H3/b19-12-,20-13+. The van der Waals surface area contributed by atoms with Gasteiger partial charge in [-0.05, 0) is 80.2 Å². The number of carbonyl (C=O) groups excluding carboxylic acids is 1. The second kappa shape index (κ2) is 9.53. The van der Waals surface area contributed by atoms with E-state index in [9.17, 15) is 15.0 Å². The first-order valence-corrected chi connectivity index (χ1v) is 10.3. The van der Waals surface area contributed by atoms with Crippen molar-refractivity contribution in [3.63, 3.8) is 0 Å². The van der Waals surface area contributed by atoms with Crippen LogP contribution < -0.4 is 9.47 Å². The van der Waals surface area contributed by atoms with Crippen LogP contribution in [-0.4, -0.2) is 29.2 Å². The molecule has 0 aromatic heterocycles. The highest BCUT2D eigenvalue weighted by Gasteiger charge is 2.25. The fraction of sp³-hybridized carbons (Fsp3) is 0.320. The molecule has 2 N–H and O–H groups in total. The SMILES string of the molecule is CCOc1cc(/C=C2/CC(C)C/C(=C\c3ccc(O)c(OCC)c3)C2=O)ccc1O. The monoisotopic (exact) mass is 408 g/mol. The van der Waals surface area contributed by atoms with Gasteiger partial charge in [-0.2, -0.15) is 0 Å². The molecule has 0 aliphatic heterocycles. The highest BCUT2D eigenvalue weighted by molar-refractivity contribution is 6.14. The van der Waals surface area contributed by atoms with Gasteiger partial charge in [-0.1, -0.05) is 19.1 Å². The number of allylic oxidation sites excluding steroid dienone is 2. The van der Waals surface area contributed by atoms with E-state index < -0.39 is 0 Å². The number of carbonyl (C=O) groups is 1. The zero-order valence-corrected chi connectivity index (χ0v) is 17.6. The van der Waals surface area contributed by atoms with Gasteiger partial charge in [0.1, 0.15) is 0 Å². The molecule has 1 saturated carbocycles. The maximum absolute atomic E-state index is 13.1. The predicted molar refractivity (Wildman–Crippen MR) is 118 cm³/mol. The van der Waals surface area contributed by atoms with Gasteiger partial charge in [0.2, 0.25) is 0 Å². The lowest BCUT2D eigenvalue weighted by Gasteiger charge is -2.23. The van der Waals surface area contributed by atoms with E-state index in [-0.39, 0.29) is 17.3 Å². The molecule has 1 aliphatic carbocycles. The van der Waals surface area contributed by atoms with Crippen molar-refractivity contribution in [2.45, 2.75) is 33.6 Å². The van der Waals surface area contributed by atoms with Crippen molar-refractivity contribution in [1.82, 2.24) is 0 Å². The largest absolute Gasteiger partial charge is 0.504 e. The molecule has 1 atom stereocenters. The molecule has 0 spiro atoms. The molecule has 5 heteroatoms. The number of hydrogen-bond donors (Lipinski definition) is 2. The molecule has 2 aromatic carbocycles. The second-order valence-corrected chi connectivity index (χ2v) is 7.50. The molecule has 2 aromatic rings. The first-order valence-electron chi connectivity index (χ1n) is 10.3. The molecule has 0 radical (unpaired) electrons. The van der Waals surface area contributed by atoms with Crippen molar-refractivity contribution in [1.29, 1.82) is 0 Å². The molecule has 0 saturated heterocycles. The molecule has 30 heavy (non-hydrogen) atoms. The second-order valence-electron chi connectivity index (χ2n) is 7.50. The lowest BCUT2D eigenvalue weighted by molar-refractivity contribution is -0.113. The molecule has 3 rings (SSSR count). The zero-order valence-electron chi connectivity index (χ0n) is 17.6. The summed E-state index contributed by atoms with van der Waals surface area (Å²) in [6.07, 6.45) is 5.13. The summed E-state index contributed by atoms with van der Waals surface area (Å²) < 4.78 is 10.9. The number of phenolic OH excluding ortho intramolecular Hbond substituents is 2. The highest BCUT2D eigenvalue weighted by atomic mass is 16.5. The molecule has 0 bridgehead atoms. The Bertz CT molecular complexity index is 910. The van der Waals surface area contributed by atoms with Crippen LogP contribution in [0, 0.1) is 5.92 Å². The van der Waals surface area contributed by atoms with E-state index >= 15 is 0 Å². The third-order valence-electron chi connectivity index (χ3n) is 4.97. The first-order chi connectivity index (χ1) is 14.4. The number of rotatable bonds is 6. The van der Waals surface area contributed by atoms with Gasteiger partial charge in [-0.25, -0.2) is 0 Å². The van der Waals surface area contributed by atoms with E-state index in [4.69, 9.17) is 9.47 Å².